The molecule has 0 saturated carbocycles. The van der Waals surface area contributed by atoms with Crippen LogP contribution in [0.15, 0.2) is 109 Å². The molecule has 5 heteroatoms. The highest BCUT2D eigenvalue weighted by atomic mass is 16.5. The lowest BCUT2D eigenvalue weighted by atomic mass is 9.87. The van der Waals surface area contributed by atoms with Gasteiger partial charge in [-0.1, -0.05) is 115 Å². The first-order valence-corrected chi connectivity index (χ1v) is 23.1. The normalized spacial score (nSPS) is 12.5. The minimum Gasteiger partial charge on any atom is -0.493 e. The Bertz CT molecular complexity index is 2480. The van der Waals surface area contributed by atoms with Gasteiger partial charge in [0.15, 0.2) is 0 Å². The predicted octanol–water partition coefficient (Wildman–Crippen LogP) is 15.9. The summed E-state index contributed by atoms with van der Waals surface area (Å²) in [5, 5.41) is 12.0. The zero-order valence-electron chi connectivity index (χ0n) is 38.2. The number of ether oxygens (including phenoxy) is 2. The van der Waals surface area contributed by atoms with Crippen LogP contribution in [0.3, 0.4) is 0 Å². The molecule has 0 saturated heterocycles. The molecule has 0 aliphatic heterocycles. The van der Waals surface area contributed by atoms with Crippen molar-refractivity contribution in [2.45, 2.75) is 107 Å². The maximum Gasteiger partial charge on any atom is 0.335 e. The Morgan fingerprint density at radius 2 is 0.935 bits per heavy atom. The highest BCUT2D eigenvalue weighted by Gasteiger charge is 2.22. The van der Waals surface area contributed by atoms with Crippen molar-refractivity contribution in [1.82, 2.24) is 4.57 Å². The summed E-state index contributed by atoms with van der Waals surface area (Å²) in [5.74, 6) is 2.09. The van der Waals surface area contributed by atoms with E-state index in [0.717, 1.165) is 82.0 Å². The van der Waals surface area contributed by atoms with Crippen molar-refractivity contribution in [2.75, 3.05) is 13.2 Å². The van der Waals surface area contributed by atoms with Gasteiger partial charge in [-0.2, -0.15) is 0 Å². The van der Waals surface area contributed by atoms with Gasteiger partial charge in [0.2, 0.25) is 0 Å². The molecule has 2 atom stereocenters. The average Bonchev–Trinajstić information content (AvgIpc) is 3.61. The number of carboxylic acid groups (broad SMARTS) is 1. The van der Waals surface area contributed by atoms with Crippen LogP contribution in [0.25, 0.3) is 60.9 Å². The van der Waals surface area contributed by atoms with Gasteiger partial charge >= 0.3 is 5.97 Å². The van der Waals surface area contributed by atoms with Gasteiger partial charge in [0.05, 0.1) is 35.5 Å². The number of unbranched alkanes of at least 4 members (excludes halogenated alkanes) is 2. The second-order valence-electron chi connectivity index (χ2n) is 17.4. The first-order valence-electron chi connectivity index (χ1n) is 23.1. The van der Waals surface area contributed by atoms with Crippen LogP contribution in [0.2, 0.25) is 0 Å². The quantitative estimate of drug-likeness (QED) is 0.0882. The van der Waals surface area contributed by atoms with Crippen molar-refractivity contribution < 1.29 is 19.4 Å². The number of rotatable bonds is 19. The van der Waals surface area contributed by atoms with Gasteiger partial charge in [-0.05, 0) is 169 Å². The van der Waals surface area contributed by atoms with Crippen LogP contribution in [0.1, 0.15) is 112 Å². The standard InChI is InChI=1S/C57H65NO4/c1-9-13-15-41(11-3)35-61-49-27-21-43(22-28-49)47-25-31-53-51(33-47)52-34-48(44-23-29-50(30-24-44)62-36-42(12-4)16-14-10-2)26-32-54(52)58(53)56-39(7)37(5)55(38(6)40(56)8)45-17-19-46(20-18-45)57(59)60/h17-34,41-42H,9-16,35-36H2,1-8H3,(H,59,60). The number of benzene rings is 6. The first kappa shape index (κ1) is 44.3. The first-order chi connectivity index (χ1) is 30.1. The third-order valence-corrected chi connectivity index (χ3v) is 13.4. The summed E-state index contributed by atoms with van der Waals surface area (Å²) in [6.07, 6.45) is 9.62. The molecular weight excluding hydrogens is 763 g/mol. The van der Waals surface area contributed by atoms with E-state index in [0.29, 0.717) is 11.8 Å². The molecular formula is C57H65NO4. The molecule has 7 rings (SSSR count). The van der Waals surface area contributed by atoms with E-state index in [9.17, 15) is 9.90 Å². The Balaban J connectivity index is 1.31. The third kappa shape index (κ3) is 9.33. The summed E-state index contributed by atoms with van der Waals surface area (Å²) < 4.78 is 15.0. The van der Waals surface area contributed by atoms with Crippen molar-refractivity contribution >= 4 is 27.8 Å². The van der Waals surface area contributed by atoms with Gasteiger partial charge in [-0.3, -0.25) is 0 Å². The number of fused-ring (bicyclic) bond motifs is 3. The third-order valence-electron chi connectivity index (χ3n) is 13.4. The lowest BCUT2D eigenvalue weighted by Crippen LogP contribution is -2.11. The molecule has 0 amide bonds. The van der Waals surface area contributed by atoms with Crippen molar-refractivity contribution in [3.05, 3.63) is 137 Å². The second kappa shape index (κ2) is 19.9. The monoisotopic (exact) mass is 827 g/mol. The Hall–Kier alpha value is -5.81. The molecule has 0 bridgehead atoms. The van der Waals surface area contributed by atoms with Crippen LogP contribution >= 0.6 is 0 Å². The van der Waals surface area contributed by atoms with E-state index >= 15 is 0 Å². The van der Waals surface area contributed by atoms with Crippen LogP contribution in [0.4, 0.5) is 0 Å². The van der Waals surface area contributed by atoms with Gasteiger partial charge in [-0.25, -0.2) is 4.79 Å². The van der Waals surface area contributed by atoms with Gasteiger partial charge in [0, 0.05) is 10.8 Å². The van der Waals surface area contributed by atoms with Crippen LogP contribution in [0.5, 0.6) is 11.5 Å². The largest absolute Gasteiger partial charge is 0.493 e. The molecule has 1 N–H and O–H groups in total. The number of hydrogen-bond acceptors (Lipinski definition) is 3. The summed E-state index contributed by atoms with van der Waals surface area (Å²) in [7, 11) is 0. The maximum absolute atomic E-state index is 11.7. The smallest absolute Gasteiger partial charge is 0.335 e. The van der Waals surface area contributed by atoms with E-state index < -0.39 is 5.97 Å². The fourth-order valence-electron chi connectivity index (χ4n) is 9.18. The molecule has 62 heavy (non-hydrogen) atoms. The van der Waals surface area contributed by atoms with Gasteiger partial charge in [-0.15, -0.1) is 0 Å². The minimum absolute atomic E-state index is 0.289. The van der Waals surface area contributed by atoms with Crippen LogP contribution in [-0.4, -0.2) is 28.9 Å². The highest BCUT2D eigenvalue weighted by molar-refractivity contribution is 6.12. The molecule has 2 unspecified atom stereocenters. The number of aromatic carboxylic acids is 1. The lowest BCUT2D eigenvalue weighted by molar-refractivity contribution is 0.0697. The van der Waals surface area contributed by atoms with E-state index in [4.69, 9.17) is 9.47 Å². The van der Waals surface area contributed by atoms with E-state index in [1.54, 1.807) is 12.1 Å². The molecule has 5 nitrogen and oxygen atoms in total. The Morgan fingerprint density at radius 3 is 1.32 bits per heavy atom. The zero-order valence-corrected chi connectivity index (χ0v) is 38.2. The molecule has 1 heterocycles. The maximum atomic E-state index is 11.7. The fraction of sp³-hybridized carbons (Fsp3) is 0.351. The van der Waals surface area contributed by atoms with Crippen LogP contribution in [0, 0.1) is 39.5 Å². The molecule has 322 valence electrons. The predicted molar refractivity (Wildman–Crippen MR) is 261 cm³/mol. The summed E-state index contributed by atoms with van der Waals surface area (Å²) >= 11 is 0. The molecule has 0 fully saturated rings. The number of hydrogen-bond donors (Lipinski definition) is 1. The lowest BCUT2D eigenvalue weighted by Gasteiger charge is -2.23. The van der Waals surface area contributed by atoms with Crippen LogP contribution in [-0.2, 0) is 0 Å². The Morgan fingerprint density at radius 1 is 0.532 bits per heavy atom. The SMILES string of the molecule is CCCCC(CC)COc1ccc(-c2ccc3c(c2)c2cc(-c4ccc(OCC(CC)CCCC)cc4)ccc2n3-c2c(C)c(C)c(-c3ccc(C(=O)O)cc3)c(C)c2C)cc1. The summed E-state index contributed by atoms with van der Waals surface area (Å²) in [6, 6.07) is 38.3. The molecule has 0 radical (unpaired) electrons. The van der Waals surface area contributed by atoms with Crippen molar-refractivity contribution in [1.29, 1.82) is 0 Å². The average molecular weight is 828 g/mol. The van der Waals surface area contributed by atoms with Crippen molar-refractivity contribution in [3.63, 3.8) is 0 Å². The van der Waals surface area contributed by atoms with E-state index in [1.807, 2.05) is 12.1 Å². The number of nitrogens with zero attached hydrogens (tertiary/aromatic N) is 1. The number of carbonyl (C=O) groups is 1. The van der Waals surface area contributed by atoms with Crippen LogP contribution < -0.4 is 9.47 Å². The fourth-order valence-corrected chi connectivity index (χ4v) is 9.18. The van der Waals surface area contributed by atoms with Gasteiger partial charge in [0.1, 0.15) is 11.5 Å². The topological polar surface area (TPSA) is 60.7 Å². The van der Waals surface area contributed by atoms with E-state index in [1.165, 1.54) is 77.2 Å². The Kier molecular flexibility index (Phi) is 14.2. The molecule has 7 aromatic rings. The summed E-state index contributed by atoms with van der Waals surface area (Å²) in [6.45, 7) is 19.4. The second-order valence-corrected chi connectivity index (χ2v) is 17.4. The van der Waals surface area contributed by atoms with Crippen molar-refractivity contribution in [2.24, 2.45) is 11.8 Å². The molecule has 6 aromatic carbocycles. The van der Waals surface area contributed by atoms with Crippen molar-refractivity contribution in [3.8, 4) is 50.6 Å². The molecule has 0 aliphatic rings. The van der Waals surface area contributed by atoms with E-state index in [-0.39, 0.29) is 5.56 Å². The summed E-state index contributed by atoms with van der Waals surface area (Å²) in [4.78, 5) is 11.7. The van der Waals surface area contributed by atoms with E-state index in [2.05, 4.69) is 145 Å². The minimum atomic E-state index is -0.918. The number of carboxylic acids is 1. The zero-order chi connectivity index (χ0) is 43.9. The molecule has 1 aromatic heterocycles. The molecule has 0 spiro atoms. The molecule has 0 aliphatic carbocycles. The number of aromatic nitrogens is 1. The summed E-state index contributed by atoms with van der Waals surface area (Å²) in [5.41, 5.74) is 15.4. The van der Waals surface area contributed by atoms with Gasteiger partial charge in [0.25, 0.3) is 0 Å². The highest BCUT2D eigenvalue weighted by Crippen LogP contribution is 2.42. The van der Waals surface area contributed by atoms with Gasteiger partial charge < -0.3 is 19.1 Å². The Labute approximate surface area is 369 Å².